The summed E-state index contributed by atoms with van der Waals surface area (Å²) in [5, 5.41) is 2.82. The van der Waals surface area contributed by atoms with Crippen LogP contribution in [0.3, 0.4) is 0 Å². The Morgan fingerprint density at radius 3 is 2.28 bits per heavy atom. The lowest BCUT2D eigenvalue weighted by atomic mass is 10.1. The summed E-state index contributed by atoms with van der Waals surface area (Å²) < 4.78 is 42.3. The summed E-state index contributed by atoms with van der Waals surface area (Å²) in [4.78, 5) is 7.75. The van der Waals surface area contributed by atoms with Crippen LogP contribution >= 0.6 is 0 Å². The first kappa shape index (κ1) is 14.5. The molecule has 1 aromatic rings. The molecule has 0 aliphatic rings. The normalized spacial score (nSPS) is 13.6. The molecule has 1 atom stereocenters. The Kier molecular flexibility index (Phi) is 4.37. The van der Waals surface area contributed by atoms with Crippen molar-refractivity contribution in [2.45, 2.75) is 39.0 Å². The van der Waals surface area contributed by atoms with E-state index in [0.29, 0.717) is 11.4 Å². The lowest BCUT2D eigenvalue weighted by Crippen LogP contribution is -2.32. The van der Waals surface area contributed by atoms with Gasteiger partial charge in [0.1, 0.15) is 12.1 Å². The van der Waals surface area contributed by atoms with Crippen molar-refractivity contribution in [3.05, 3.63) is 11.9 Å². The van der Waals surface area contributed by atoms with Crippen molar-refractivity contribution in [2.75, 3.05) is 12.4 Å². The average Bonchev–Trinajstić information content (AvgIpc) is 2.26. The second-order valence-corrected chi connectivity index (χ2v) is 4.15. The molecule has 0 aromatic carbocycles. The molecular weight excluding hydrogens is 247 g/mol. The van der Waals surface area contributed by atoms with Crippen LogP contribution in [0.4, 0.5) is 19.0 Å². The fourth-order valence-corrected chi connectivity index (χ4v) is 1.43. The van der Waals surface area contributed by atoms with Gasteiger partial charge in [-0.25, -0.2) is 9.97 Å². The number of hydrogen-bond donors (Lipinski definition) is 1. The number of hydrogen-bond acceptors (Lipinski definition) is 4. The van der Waals surface area contributed by atoms with Gasteiger partial charge >= 0.3 is 6.18 Å². The van der Waals surface area contributed by atoms with E-state index in [2.05, 4.69) is 15.3 Å². The van der Waals surface area contributed by atoms with Gasteiger partial charge in [-0.15, -0.1) is 0 Å². The number of ether oxygens (including phenoxy) is 1. The van der Waals surface area contributed by atoms with Crippen molar-refractivity contribution < 1.29 is 17.9 Å². The highest BCUT2D eigenvalue weighted by Crippen LogP contribution is 2.32. The van der Waals surface area contributed by atoms with E-state index in [1.165, 1.54) is 6.33 Å². The zero-order valence-corrected chi connectivity index (χ0v) is 10.7. The topological polar surface area (TPSA) is 47.0 Å². The van der Waals surface area contributed by atoms with Crippen LogP contribution in [0.2, 0.25) is 0 Å². The van der Waals surface area contributed by atoms with Crippen LogP contribution in [0, 0.1) is 0 Å². The third-order valence-corrected chi connectivity index (χ3v) is 2.41. The molecule has 7 heteroatoms. The van der Waals surface area contributed by atoms with Gasteiger partial charge in [-0.3, -0.25) is 0 Å². The maximum atomic E-state index is 12.5. The standard InChI is InChI=1S/C11H16F3N3O/c1-6(2)8-9(15-4)16-5-17-10(8)18-7(3)11(12,13)14/h5-7H,1-4H3,(H,15,16,17). The number of nitrogens with zero attached hydrogens (tertiary/aromatic N) is 2. The molecule has 18 heavy (non-hydrogen) atoms. The van der Waals surface area contributed by atoms with Gasteiger partial charge in [0, 0.05) is 7.05 Å². The summed E-state index contributed by atoms with van der Waals surface area (Å²) in [5.41, 5.74) is 0.538. The molecule has 1 aromatic heterocycles. The highest BCUT2D eigenvalue weighted by atomic mass is 19.4. The van der Waals surface area contributed by atoms with E-state index in [-0.39, 0.29) is 11.8 Å². The lowest BCUT2D eigenvalue weighted by molar-refractivity contribution is -0.190. The second-order valence-electron chi connectivity index (χ2n) is 4.15. The van der Waals surface area contributed by atoms with E-state index >= 15 is 0 Å². The molecule has 1 N–H and O–H groups in total. The smallest absolute Gasteiger partial charge is 0.425 e. The quantitative estimate of drug-likeness (QED) is 0.907. The van der Waals surface area contributed by atoms with Crippen LogP contribution < -0.4 is 10.1 Å². The Morgan fingerprint density at radius 2 is 1.83 bits per heavy atom. The fourth-order valence-electron chi connectivity index (χ4n) is 1.43. The number of anilines is 1. The Hall–Kier alpha value is -1.53. The summed E-state index contributed by atoms with van der Waals surface area (Å²) in [6.45, 7) is 4.63. The SMILES string of the molecule is CNc1ncnc(OC(C)C(F)(F)F)c1C(C)C. The summed E-state index contributed by atoms with van der Waals surface area (Å²) in [5.74, 6) is 0.391. The molecule has 1 rings (SSSR count). The van der Waals surface area contributed by atoms with E-state index in [1.54, 1.807) is 7.05 Å². The zero-order chi connectivity index (χ0) is 13.9. The minimum absolute atomic E-state index is 0.0332. The summed E-state index contributed by atoms with van der Waals surface area (Å²) >= 11 is 0. The van der Waals surface area contributed by atoms with E-state index in [4.69, 9.17) is 4.74 Å². The van der Waals surface area contributed by atoms with Gasteiger partial charge < -0.3 is 10.1 Å². The molecule has 1 heterocycles. The van der Waals surface area contributed by atoms with Crippen LogP contribution in [0.1, 0.15) is 32.3 Å². The van der Waals surface area contributed by atoms with E-state index in [1.807, 2.05) is 13.8 Å². The highest BCUT2D eigenvalue weighted by molar-refractivity contribution is 5.50. The number of halogens is 3. The van der Waals surface area contributed by atoms with Gasteiger partial charge in [0.2, 0.25) is 5.88 Å². The summed E-state index contributed by atoms with van der Waals surface area (Å²) in [6.07, 6.45) is -5.15. The number of alkyl halides is 3. The number of nitrogens with one attached hydrogen (secondary N) is 1. The van der Waals surface area contributed by atoms with Gasteiger partial charge in [-0.2, -0.15) is 13.2 Å². The molecular formula is C11H16F3N3O. The maximum absolute atomic E-state index is 12.5. The van der Waals surface area contributed by atoms with Crippen molar-refractivity contribution in [1.29, 1.82) is 0 Å². The van der Waals surface area contributed by atoms with Crippen LogP contribution in [-0.4, -0.2) is 29.3 Å². The Bertz CT molecular complexity index is 407. The molecule has 0 saturated heterocycles. The van der Waals surface area contributed by atoms with Crippen LogP contribution in [0.15, 0.2) is 6.33 Å². The largest absolute Gasteiger partial charge is 0.465 e. The highest BCUT2D eigenvalue weighted by Gasteiger charge is 2.39. The van der Waals surface area contributed by atoms with E-state index in [9.17, 15) is 13.2 Å². The molecule has 0 spiro atoms. The molecule has 102 valence electrons. The third kappa shape index (κ3) is 3.24. The zero-order valence-electron chi connectivity index (χ0n) is 10.7. The van der Waals surface area contributed by atoms with Crippen molar-refractivity contribution in [3.63, 3.8) is 0 Å². The first-order valence-electron chi connectivity index (χ1n) is 5.53. The molecule has 4 nitrogen and oxygen atoms in total. The Balaban J connectivity index is 3.09. The van der Waals surface area contributed by atoms with Crippen LogP contribution in [0.5, 0.6) is 5.88 Å². The van der Waals surface area contributed by atoms with Gasteiger partial charge in [0.25, 0.3) is 0 Å². The molecule has 0 amide bonds. The molecule has 1 unspecified atom stereocenters. The number of aromatic nitrogens is 2. The molecule has 0 fully saturated rings. The van der Waals surface area contributed by atoms with Gasteiger partial charge in [0.05, 0.1) is 5.56 Å². The minimum atomic E-state index is -4.42. The second kappa shape index (κ2) is 5.41. The molecule has 0 aliphatic carbocycles. The molecule has 0 aliphatic heterocycles. The van der Waals surface area contributed by atoms with Crippen LogP contribution in [0.25, 0.3) is 0 Å². The summed E-state index contributed by atoms with van der Waals surface area (Å²) in [7, 11) is 1.64. The van der Waals surface area contributed by atoms with Crippen molar-refractivity contribution in [2.24, 2.45) is 0 Å². The maximum Gasteiger partial charge on any atom is 0.425 e. The van der Waals surface area contributed by atoms with Gasteiger partial charge in [0.15, 0.2) is 6.10 Å². The minimum Gasteiger partial charge on any atom is -0.465 e. The third-order valence-electron chi connectivity index (χ3n) is 2.41. The summed E-state index contributed by atoms with van der Waals surface area (Å²) in [6, 6.07) is 0. The van der Waals surface area contributed by atoms with Crippen molar-refractivity contribution in [1.82, 2.24) is 9.97 Å². The predicted molar refractivity (Wildman–Crippen MR) is 61.8 cm³/mol. The molecule has 0 bridgehead atoms. The van der Waals surface area contributed by atoms with Crippen molar-refractivity contribution >= 4 is 5.82 Å². The van der Waals surface area contributed by atoms with Gasteiger partial charge in [-0.1, -0.05) is 13.8 Å². The molecule has 0 radical (unpaired) electrons. The number of rotatable bonds is 4. The first-order chi connectivity index (χ1) is 8.27. The Labute approximate surface area is 104 Å². The van der Waals surface area contributed by atoms with Crippen LogP contribution in [-0.2, 0) is 0 Å². The van der Waals surface area contributed by atoms with Gasteiger partial charge in [-0.05, 0) is 12.8 Å². The Morgan fingerprint density at radius 1 is 1.22 bits per heavy atom. The van der Waals surface area contributed by atoms with E-state index in [0.717, 1.165) is 6.92 Å². The monoisotopic (exact) mass is 263 g/mol. The van der Waals surface area contributed by atoms with E-state index < -0.39 is 12.3 Å². The average molecular weight is 263 g/mol. The molecule has 0 saturated carbocycles. The fraction of sp³-hybridized carbons (Fsp3) is 0.636. The van der Waals surface area contributed by atoms with Crippen molar-refractivity contribution in [3.8, 4) is 5.88 Å². The first-order valence-corrected chi connectivity index (χ1v) is 5.53. The lowest BCUT2D eigenvalue weighted by Gasteiger charge is -2.21. The predicted octanol–water partition coefficient (Wildman–Crippen LogP) is 2.97.